The molecule has 0 saturated carbocycles. The van der Waals surface area contributed by atoms with Crippen molar-refractivity contribution in [2.75, 3.05) is 0 Å². The Morgan fingerprint density at radius 2 is 1.59 bits per heavy atom. The largest absolute Gasteiger partial charge is 0.248 e. The van der Waals surface area contributed by atoms with Crippen molar-refractivity contribution in [1.82, 2.24) is 4.98 Å². The maximum absolute atomic E-state index is 4.87. The van der Waals surface area contributed by atoms with Gasteiger partial charge < -0.3 is 0 Å². The topological polar surface area (TPSA) is 12.9 Å². The average Bonchev–Trinajstić information content (AvgIpc) is 2.45. The van der Waals surface area contributed by atoms with Crippen molar-refractivity contribution in [1.29, 1.82) is 0 Å². The molecule has 2 aromatic carbocycles. The molecule has 0 aliphatic heterocycles. The third-order valence-corrected chi connectivity index (χ3v) is 4.16. The average molecular weight is 289 g/mol. The molecule has 3 rings (SSSR count). The Morgan fingerprint density at radius 1 is 0.864 bits per heavy atom. The van der Waals surface area contributed by atoms with Crippen LogP contribution in [0.1, 0.15) is 37.5 Å². The van der Waals surface area contributed by atoms with Crippen LogP contribution < -0.4 is 0 Å². The Morgan fingerprint density at radius 3 is 2.32 bits per heavy atom. The van der Waals surface area contributed by atoms with E-state index in [1.54, 1.807) is 0 Å². The monoisotopic (exact) mass is 289 g/mol. The molecular formula is C21H23N. The first kappa shape index (κ1) is 14.8. The summed E-state index contributed by atoms with van der Waals surface area (Å²) in [5.41, 5.74) is 7.40. The molecule has 0 fully saturated rings. The summed E-state index contributed by atoms with van der Waals surface area (Å²) in [5, 5.41) is 1.23. The third kappa shape index (κ3) is 2.76. The lowest BCUT2D eigenvalue weighted by Gasteiger charge is -2.21. The fourth-order valence-corrected chi connectivity index (χ4v) is 2.86. The van der Waals surface area contributed by atoms with Gasteiger partial charge in [-0.1, -0.05) is 50.6 Å². The van der Waals surface area contributed by atoms with Crippen molar-refractivity contribution in [3.05, 3.63) is 65.2 Å². The van der Waals surface area contributed by atoms with Crippen LogP contribution in [0.15, 0.2) is 48.5 Å². The van der Waals surface area contributed by atoms with E-state index in [9.17, 15) is 0 Å². The predicted molar refractivity (Wildman–Crippen MR) is 95.4 cm³/mol. The highest BCUT2D eigenvalue weighted by Crippen LogP contribution is 2.30. The molecule has 1 heterocycles. The number of hydrogen-bond donors (Lipinski definition) is 0. The first-order valence-corrected chi connectivity index (χ1v) is 7.83. The second kappa shape index (κ2) is 5.24. The van der Waals surface area contributed by atoms with Crippen LogP contribution in [-0.4, -0.2) is 4.98 Å². The maximum Gasteiger partial charge on any atom is 0.0712 e. The molecule has 0 N–H and O–H groups in total. The molecule has 0 aliphatic carbocycles. The molecule has 0 bridgehead atoms. The standard InChI is InChI=1S/C21H23N/c1-14-10-16(13-17(11-14)21(3,4)5)20-12-15(2)18-8-6-7-9-19(18)22-20/h6-13H,1-5H3. The van der Waals surface area contributed by atoms with Gasteiger partial charge in [-0.05, 0) is 54.7 Å². The van der Waals surface area contributed by atoms with E-state index in [1.807, 2.05) is 0 Å². The summed E-state index contributed by atoms with van der Waals surface area (Å²) < 4.78 is 0. The molecule has 3 aromatic rings. The number of nitrogens with zero attached hydrogens (tertiary/aromatic N) is 1. The lowest BCUT2D eigenvalue weighted by atomic mass is 9.84. The first-order valence-electron chi connectivity index (χ1n) is 7.83. The molecule has 0 atom stereocenters. The highest BCUT2D eigenvalue weighted by Gasteiger charge is 2.15. The number of hydrogen-bond acceptors (Lipinski definition) is 1. The van der Waals surface area contributed by atoms with Gasteiger partial charge in [-0.25, -0.2) is 4.98 Å². The van der Waals surface area contributed by atoms with Crippen molar-refractivity contribution in [3.8, 4) is 11.3 Å². The fraction of sp³-hybridized carbons (Fsp3) is 0.286. The van der Waals surface area contributed by atoms with Crippen molar-refractivity contribution in [2.24, 2.45) is 0 Å². The van der Waals surface area contributed by atoms with Gasteiger partial charge in [-0.3, -0.25) is 0 Å². The Hall–Kier alpha value is -2.15. The van der Waals surface area contributed by atoms with E-state index in [1.165, 1.54) is 27.6 Å². The Labute approximate surface area is 133 Å². The van der Waals surface area contributed by atoms with Gasteiger partial charge in [0.1, 0.15) is 0 Å². The molecule has 0 radical (unpaired) electrons. The van der Waals surface area contributed by atoms with Gasteiger partial charge in [0.15, 0.2) is 0 Å². The van der Waals surface area contributed by atoms with Gasteiger partial charge in [0.05, 0.1) is 11.2 Å². The van der Waals surface area contributed by atoms with Crippen molar-refractivity contribution < 1.29 is 0 Å². The van der Waals surface area contributed by atoms with Crippen LogP contribution in [0.4, 0.5) is 0 Å². The number of rotatable bonds is 1. The SMILES string of the molecule is Cc1cc(-c2cc(C)c3ccccc3n2)cc(C(C)(C)C)c1. The minimum atomic E-state index is 0.145. The van der Waals surface area contributed by atoms with E-state index >= 15 is 0 Å². The zero-order chi connectivity index (χ0) is 15.9. The summed E-state index contributed by atoms with van der Waals surface area (Å²) in [6.45, 7) is 11.1. The summed E-state index contributed by atoms with van der Waals surface area (Å²) in [5.74, 6) is 0. The molecular weight excluding hydrogens is 266 g/mol. The van der Waals surface area contributed by atoms with Crippen LogP contribution >= 0.6 is 0 Å². The van der Waals surface area contributed by atoms with Gasteiger partial charge in [0.25, 0.3) is 0 Å². The number of benzene rings is 2. The molecule has 0 spiro atoms. The van der Waals surface area contributed by atoms with Crippen LogP contribution in [0.2, 0.25) is 0 Å². The Balaban J connectivity index is 2.21. The molecule has 22 heavy (non-hydrogen) atoms. The van der Waals surface area contributed by atoms with Crippen molar-refractivity contribution in [3.63, 3.8) is 0 Å². The molecule has 1 aromatic heterocycles. The summed E-state index contributed by atoms with van der Waals surface area (Å²) in [7, 11) is 0. The number of fused-ring (bicyclic) bond motifs is 1. The molecule has 1 nitrogen and oxygen atoms in total. The quantitative estimate of drug-likeness (QED) is 0.550. The van der Waals surface area contributed by atoms with Gasteiger partial charge >= 0.3 is 0 Å². The lowest BCUT2D eigenvalue weighted by molar-refractivity contribution is 0.590. The highest BCUT2D eigenvalue weighted by atomic mass is 14.7. The van der Waals surface area contributed by atoms with Gasteiger partial charge in [-0.15, -0.1) is 0 Å². The number of pyridine rings is 1. The highest BCUT2D eigenvalue weighted by molar-refractivity contribution is 5.85. The van der Waals surface area contributed by atoms with Crippen LogP contribution in [-0.2, 0) is 5.41 Å². The first-order chi connectivity index (χ1) is 10.3. The smallest absolute Gasteiger partial charge is 0.0712 e. The zero-order valence-corrected chi connectivity index (χ0v) is 14.1. The molecule has 0 amide bonds. The number of aryl methyl sites for hydroxylation is 2. The van der Waals surface area contributed by atoms with E-state index < -0.39 is 0 Å². The molecule has 112 valence electrons. The zero-order valence-electron chi connectivity index (χ0n) is 14.1. The third-order valence-electron chi connectivity index (χ3n) is 4.16. The van der Waals surface area contributed by atoms with E-state index in [2.05, 4.69) is 83.1 Å². The molecule has 0 saturated heterocycles. The summed E-state index contributed by atoms with van der Waals surface area (Å²) in [6.07, 6.45) is 0. The van der Waals surface area contributed by atoms with E-state index in [-0.39, 0.29) is 5.41 Å². The Bertz CT molecular complexity index is 838. The summed E-state index contributed by atoms with van der Waals surface area (Å²) >= 11 is 0. The fourth-order valence-electron chi connectivity index (χ4n) is 2.86. The maximum atomic E-state index is 4.87. The molecule has 0 unspecified atom stereocenters. The van der Waals surface area contributed by atoms with E-state index in [4.69, 9.17) is 4.98 Å². The number of para-hydroxylation sites is 1. The Kier molecular flexibility index (Phi) is 3.52. The second-order valence-electron chi connectivity index (χ2n) is 7.18. The van der Waals surface area contributed by atoms with Crippen molar-refractivity contribution in [2.45, 2.75) is 40.0 Å². The summed E-state index contributed by atoms with van der Waals surface area (Å²) in [6, 6.07) is 17.3. The predicted octanol–water partition coefficient (Wildman–Crippen LogP) is 5.82. The molecule has 1 heteroatoms. The second-order valence-corrected chi connectivity index (χ2v) is 7.18. The van der Waals surface area contributed by atoms with Crippen LogP contribution in [0, 0.1) is 13.8 Å². The minimum Gasteiger partial charge on any atom is -0.248 e. The van der Waals surface area contributed by atoms with Crippen molar-refractivity contribution >= 4 is 10.9 Å². The minimum absolute atomic E-state index is 0.145. The van der Waals surface area contributed by atoms with Crippen LogP contribution in [0.5, 0.6) is 0 Å². The molecule has 0 aliphatic rings. The van der Waals surface area contributed by atoms with Crippen LogP contribution in [0.25, 0.3) is 22.2 Å². The van der Waals surface area contributed by atoms with E-state index in [0.29, 0.717) is 0 Å². The van der Waals surface area contributed by atoms with Gasteiger partial charge in [-0.2, -0.15) is 0 Å². The normalized spacial score (nSPS) is 11.9. The van der Waals surface area contributed by atoms with Gasteiger partial charge in [0, 0.05) is 10.9 Å². The lowest BCUT2D eigenvalue weighted by Crippen LogP contribution is -2.11. The van der Waals surface area contributed by atoms with Gasteiger partial charge in [0.2, 0.25) is 0 Å². The van der Waals surface area contributed by atoms with Crippen LogP contribution in [0.3, 0.4) is 0 Å². The summed E-state index contributed by atoms with van der Waals surface area (Å²) in [4.78, 5) is 4.87. The number of aromatic nitrogens is 1. The van der Waals surface area contributed by atoms with E-state index in [0.717, 1.165) is 11.2 Å².